The maximum atomic E-state index is 5.33. The fourth-order valence-corrected chi connectivity index (χ4v) is 2.96. The van der Waals surface area contributed by atoms with Gasteiger partial charge in [-0.3, -0.25) is 0 Å². The molecule has 106 valence electrons. The summed E-state index contributed by atoms with van der Waals surface area (Å²) in [6.07, 6.45) is 2.37. The van der Waals surface area contributed by atoms with Gasteiger partial charge in [0.25, 0.3) is 0 Å². The quantitative estimate of drug-likeness (QED) is 0.906. The molecule has 0 radical (unpaired) electrons. The van der Waals surface area contributed by atoms with Crippen LogP contribution in [0.15, 0.2) is 18.2 Å². The Hall–Kier alpha value is -1.22. The van der Waals surface area contributed by atoms with Gasteiger partial charge in [0.1, 0.15) is 5.75 Å². The van der Waals surface area contributed by atoms with Crippen molar-refractivity contribution in [2.75, 3.05) is 25.6 Å². The summed E-state index contributed by atoms with van der Waals surface area (Å²) in [7, 11) is 3.92. The number of piperidine rings is 1. The van der Waals surface area contributed by atoms with Gasteiger partial charge in [-0.05, 0) is 63.9 Å². The van der Waals surface area contributed by atoms with Crippen molar-refractivity contribution in [3.63, 3.8) is 0 Å². The Morgan fingerprint density at radius 1 is 1.37 bits per heavy atom. The van der Waals surface area contributed by atoms with E-state index in [4.69, 9.17) is 4.74 Å². The van der Waals surface area contributed by atoms with Crippen LogP contribution in [0, 0.1) is 6.92 Å². The van der Waals surface area contributed by atoms with E-state index < -0.39 is 0 Å². The smallest absolute Gasteiger partial charge is 0.121 e. The second-order valence-corrected chi connectivity index (χ2v) is 6.22. The zero-order valence-corrected chi connectivity index (χ0v) is 12.8. The number of aryl methyl sites for hydroxylation is 1. The molecule has 1 aromatic carbocycles. The number of nitrogens with one attached hydrogen (secondary N) is 1. The molecule has 1 fully saturated rings. The molecule has 0 spiro atoms. The molecule has 0 saturated carbocycles. The Morgan fingerprint density at radius 3 is 2.68 bits per heavy atom. The van der Waals surface area contributed by atoms with Crippen molar-refractivity contribution < 1.29 is 4.74 Å². The van der Waals surface area contributed by atoms with Crippen LogP contribution in [-0.4, -0.2) is 32.3 Å². The third kappa shape index (κ3) is 3.21. The predicted molar refractivity (Wildman–Crippen MR) is 81.2 cm³/mol. The van der Waals surface area contributed by atoms with E-state index >= 15 is 0 Å². The number of nitrogens with zero attached hydrogens (tertiary/aromatic N) is 1. The molecule has 1 aliphatic heterocycles. The van der Waals surface area contributed by atoms with E-state index in [1.165, 1.54) is 24.1 Å². The van der Waals surface area contributed by atoms with Crippen LogP contribution >= 0.6 is 0 Å². The largest absolute Gasteiger partial charge is 0.496 e. The lowest BCUT2D eigenvalue weighted by Gasteiger charge is -2.41. The molecule has 1 heterocycles. The number of hydrogen-bond acceptors (Lipinski definition) is 3. The molecule has 1 saturated heterocycles. The highest BCUT2D eigenvalue weighted by molar-refractivity contribution is 5.53. The number of ether oxygens (including phenoxy) is 1. The lowest BCUT2D eigenvalue weighted by molar-refractivity contribution is 0.271. The fourth-order valence-electron chi connectivity index (χ4n) is 2.96. The third-order valence-corrected chi connectivity index (χ3v) is 4.16. The van der Waals surface area contributed by atoms with Gasteiger partial charge in [0.15, 0.2) is 0 Å². The number of hydrogen-bond donors (Lipinski definition) is 1. The van der Waals surface area contributed by atoms with Gasteiger partial charge >= 0.3 is 0 Å². The van der Waals surface area contributed by atoms with Crippen LogP contribution in [-0.2, 0) is 0 Å². The van der Waals surface area contributed by atoms with Crippen molar-refractivity contribution in [3.05, 3.63) is 23.8 Å². The lowest BCUT2D eigenvalue weighted by Crippen LogP contribution is -2.52. The molecular formula is C16H26N2O. The van der Waals surface area contributed by atoms with Gasteiger partial charge in [-0.2, -0.15) is 0 Å². The van der Waals surface area contributed by atoms with E-state index in [0.29, 0.717) is 6.04 Å². The van der Waals surface area contributed by atoms with Gasteiger partial charge in [-0.1, -0.05) is 0 Å². The van der Waals surface area contributed by atoms with Crippen LogP contribution in [0.2, 0.25) is 0 Å². The van der Waals surface area contributed by atoms with E-state index in [-0.39, 0.29) is 5.54 Å². The maximum absolute atomic E-state index is 5.33. The first-order chi connectivity index (χ1) is 8.93. The normalized spacial score (nSPS) is 22.1. The summed E-state index contributed by atoms with van der Waals surface area (Å²) in [6.45, 7) is 7.76. The number of methoxy groups -OCH3 is 1. The molecule has 19 heavy (non-hydrogen) atoms. The Labute approximate surface area is 116 Å². The first-order valence-corrected chi connectivity index (χ1v) is 7.05. The highest BCUT2D eigenvalue weighted by Crippen LogP contribution is 2.29. The summed E-state index contributed by atoms with van der Waals surface area (Å²) >= 11 is 0. The number of rotatable bonds is 3. The second-order valence-electron chi connectivity index (χ2n) is 6.22. The van der Waals surface area contributed by atoms with Gasteiger partial charge in [-0.25, -0.2) is 0 Å². The molecule has 2 rings (SSSR count). The maximum Gasteiger partial charge on any atom is 0.121 e. The van der Waals surface area contributed by atoms with E-state index in [2.05, 4.69) is 56.2 Å². The summed E-state index contributed by atoms with van der Waals surface area (Å²) < 4.78 is 5.33. The van der Waals surface area contributed by atoms with Crippen LogP contribution in [0.25, 0.3) is 0 Å². The molecule has 1 N–H and O–H groups in total. The van der Waals surface area contributed by atoms with Crippen LogP contribution < -0.4 is 15.0 Å². The topological polar surface area (TPSA) is 24.5 Å². The van der Waals surface area contributed by atoms with Gasteiger partial charge in [-0.15, -0.1) is 0 Å². The van der Waals surface area contributed by atoms with Crippen molar-refractivity contribution in [1.29, 1.82) is 0 Å². The van der Waals surface area contributed by atoms with Crippen LogP contribution in [0.1, 0.15) is 32.3 Å². The number of benzene rings is 1. The first kappa shape index (κ1) is 14.2. The molecular weight excluding hydrogens is 236 g/mol. The van der Waals surface area contributed by atoms with Crippen molar-refractivity contribution in [2.45, 2.75) is 45.2 Å². The minimum absolute atomic E-state index is 0.235. The highest BCUT2D eigenvalue weighted by Gasteiger charge is 2.29. The van der Waals surface area contributed by atoms with Crippen molar-refractivity contribution in [1.82, 2.24) is 5.32 Å². The van der Waals surface area contributed by atoms with Gasteiger partial charge in [0, 0.05) is 24.3 Å². The first-order valence-electron chi connectivity index (χ1n) is 7.05. The summed E-state index contributed by atoms with van der Waals surface area (Å²) in [4.78, 5) is 2.41. The third-order valence-electron chi connectivity index (χ3n) is 4.16. The van der Waals surface area contributed by atoms with Gasteiger partial charge < -0.3 is 15.0 Å². The average molecular weight is 262 g/mol. The fraction of sp³-hybridized carbons (Fsp3) is 0.625. The summed E-state index contributed by atoms with van der Waals surface area (Å²) in [5, 5.41) is 3.58. The van der Waals surface area contributed by atoms with E-state index in [9.17, 15) is 0 Å². The molecule has 0 bridgehead atoms. The highest BCUT2D eigenvalue weighted by atomic mass is 16.5. The minimum atomic E-state index is 0.235. The Morgan fingerprint density at radius 2 is 2.11 bits per heavy atom. The Bertz CT molecular complexity index is 442. The molecule has 0 aliphatic carbocycles. The van der Waals surface area contributed by atoms with Gasteiger partial charge in [0.05, 0.1) is 7.11 Å². The van der Waals surface area contributed by atoms with E-state index in [1.54, 1.807) is 7.11 Å². The molecule has 0 aromatic heterocycles. The Kier molecular flexibility index (Phi) is 4.04. The summed E-state index contributed by atoms with van der Waals surface area (Å²) in [5.74, 6) is 0.961. The molecule has 0 amide bonds. The van der Waals surface area contributed by atoms with Gasteiger partial charge in [0.2, 0.25) is 0 Å². The van der Waals surface area contributed by atoms with Crippen LogP contribution in [0.4, 0.5) is 5.69 Å². The van der Waals surface area contributed by atoms with Crippen molar-refractivity contribution in [2.24, 2.45) is 0 Å². The minimum Gasteiger partial charge on any atom is -0.496 e. The van der Waals surface area contributed by atoms with Crippen LogP contribution in [0.3, 0.4) is 0 Å². The zero-order valence-electron chi connectivity index (χ0n) is 12.8. The number of anilines is 1. The average Bonchev–Trinajstić information content (AvgIpc) is 2.36. The molecule has 1 aliphatic rings. The molecule has 1 aromatic rings. The molecule has 3 heteroatoms. The van der Waals surface area contributed by atoms with Crippen molar-refractivity contribution >= 4 is 5.69 Å². The predicted octanol–water partition coefficient (Wildman–Crippen LogP) is 2.97. The second kappa shape index (κ2) is 5.41. The molecule has 1 atom stereocenters. The summed E-state index contributed by atoms with van der Waals surface area (Å²) in [5.41, 5.74) is 2.71. The molecule has 1 unspecified atom stereocenters. The Balaban J connectivity index is 2.15. The summed E-state index contributed by atoms with van der Waals surface area (Å²) in [6, 6.07) is 7.03. The monoisotopic (exact) mass is 262 g/mol. The molecule has 3 nitrogen and oxygen atoms in total. The lowest BCUT2D eigenvalue weighted by atomic mass is 9.88. The standard InChI is InChI=1S/C16H26N2O/c1-12-10-13(6-7-15(12)19-5)18(4)14-8-9-17-16(2,3)11-14/h6-7,10,14,17H,8-9,11H2,1-5H3. The zero-order chi connectivity index (χ0) is 14.0. The van der Waals surface area contributed by atoms with E-state index in [0.717, 1.165) is 12.3 Å². The SMILES string of the molecule is COc1ccc(N(C)C2CCNC(C)(C)C2)cc1C. The van der Waals surface area contributed by atoms with Crippen LogP contribution in [0.5, 0.6) is 5.75 Å². The van der Waals surface area contributed by atoms with E-state index in [1.807, 2.05) is 0 Å². The van der Waals surface area contributed by atoms with Crippen molar-refractivity contribution in [3.8, 4) is 5.75 Å².